The van der Waals surface area contributed by atoms with Gasteiger partial charge >= 0.3 is 0 Å². The second-order valence-electron chi connectivity index (χ2n) is 3.51. The zero-order valence-electron chi connectivity index (χ0n) is 8.94. The molecule has 0 bridgehead atoms. The molecule has 4 N–H and O–H groups in total. The quantitative estimate of drug-likeness (QED) is 0.719. The second kappa shape index (κ2) is 5.53. The third-order valence-electron chi connectivity index (χ3n) is 1.89. The molecule has 0 saturated carbocycles. The van der Waals surface area contributed by atoms with Crippen LogP contribution in [0, 0.1) is 0 Å². The maximum absolute atomic E-state index is 11.9. The smallest absolute Gasteiger partial charge is 0.241 e. The number of rotatable bonds is 4. The van der Waals surface area contributed by atoms with Crippen LogP contribution in [0.1, 0.15) is 6.92 Å². The minimum absolute atomic E-state index is 0.0526. The van der Waals surface area contributed by atoms with E-state index in [1.165, 1.54) is 19.1 Å². The number of anilines is 1. The van der Waals surface area contributed by atoms with Crippen LogP contribution in [0.5, 0.6) is 0 Å². The van der Waals surface area contributed by atoms with Crippen LogP contribution in [0.2, 0.25) is 5.02 Å². The van der Waals surface area contributed by atoms with Gasteiger partial charge in [-0.05, 0) is 35.0 Å². The number of hydrogen-bond donors (Lipinski definition) is 3. The van der Waals surface area contributed by atoms with Crippen LogP contribution < -0.4 is 10.5 Å². The highest BCUT2D eigenvalue weighted by atomic mass is 79.9. The predicted octanol–water partition coefficient (Wildman–Crippen LogP) is 1.34. The number of aliphatic hydroxyl groups is 1. The molecule has 1 aromatic rings. The summed E-state index contributed by atoms with van der Waals surface area (Å²) in [5.74, 6) is 0. The zero-order chi connectivity index (χ0) is 13.2. The molecule has 0 unspecified atom stereocenters. The van der Waals surface area contributed by atoms with Gasteiger partial charge in [0.25, 0.3) is 0 Å². The van der Waals surface area contributed by atoms with E-state index < -0.39 is 16.1 Å². The summed E-state index contributed by atoms with van der Waals surface area (Å²) in [5.41, 5.74) is 5.83. The van der Waals surface area contributed by atoms with Crippen LogP contribution in [-0.4, -0.2) is 26.2 Å². The van der Waals surface area contributed by atoms with E-state index in [2.05, 4.69) is 20.7 Å². The highest BCUT2D eigenvalue weighted by molar-refractivity contribution is 9.10. The van der Waals surface area contributed by atoms with Crippen molar-refractivity contribution in [3.05, 3.63) is 21.6 Å². The number of sulfonamides is 1. The summed E-state index contributed by atoms with van der Waals surface area (Å²) in [4.78, 5) is -0.0526. The number of hydrogen-bond acceptors (Lipinski definition) is 4. The van der Waals surface area contributed by atoms with Crippen molar-refractivity contribution in [2.75, 3.05) is 12.3 Å². The summed E-state index contributed by atoms with van der Waals surface area (Å²) in [6.45, 7) is 1.39. The molecule has 1 atom stereocenters. The van der Waals surface area contributed by atoms with Crippen molar-refractivity contribution in [2.45, 2.75) is 17.9 Å². The maximum Gasteiger partial charge on any atom is 0.241 e. The van der Waals surface area contributed by atoms with E-state index in [9.17, 15) is 8.42 Å². The van der Waals surface area contributed by atoms with Gasteiger partial charge in [0, 0.05) is 17.3 Å². The topological polar surface area (TPSA) is 92.4 Å². The van der Waals surface area contributed by atoms with Crippen LogP contribution in [0.15, 0.2) is 21.5 Å². The Balaban J connectivity index is 3.15. The summed E-state index contributed by atoms with van der Waals surface area (Å²) < 4.78 is 26.3. The van der Waals surface area contributed by atoms with Gasteiger partial charge in [-0.15, -0.1) is 0 Å². The predicted molar refractivity (Wildman–Crippen MR) is 70.4 cm³/mol. The van der Waals surface area contributed by atoms with E-state index in [4.69, 9.17) is 22.4 Å². The Kier molecular flexibility index (Phi) is 4.79. The van der Waals surface area contributed by atoms with Gasteiger partial charge in [0.2, 0.25) is 10.0 Å². The molecule has 1 rings (SSSR count). The molecule has 0 heterocycles. The van der Waals surface area contributed by atoms with Crippen LogP contribution in [-0.2, 0) is 10.0 Å². The lowest BCUT2D eigenvalue weighted by molar-refractivity contribution is 0.198. The van der Waals surface area contributed by atoms with Crippen LogP contribution in [0.3, 0.4) is 0 Å². The van der Waals surface area contributed by atoms with Crippen LogP contribution >= 0.6 is 27.5 Å². The van der Waals surface area contributed by atoms with Gasteiger partial charge in [-0.2, -0.15) is 0 Å². The molecule has 1 aromatic carbocycles. The highest BCUT2D eigenvalue weighted by Crippen LogP contribution is 2.31. The average molecular weight is 344 g/mol. The minimum Gasteiger partial charge on any atom is -0.398 e. The van der Waals surface area contributed by atoms with E-state index >= 15 is 0 Å². The third kappa shape index (κ3) is 3.82. The van der Waals surface area contributed by atoms with E-state index in [1.54, 1.807) is 0 Å². The fraction of sp³-hybridized carbons (Fsp3) is 0.333. The number of aliphatic hydroxyl groups excluding tert-OH is 1. The molecule has 0 aliphatic heterocycles. The highest BCUT2D eigenvalue weighted by Gasteiger charge is 2.20. The van der Waals surface area contributed by atoms with E-state index in [-0.39, 0.29) is 26.6 Å². The third-order valence-corrected chi connectivity index (χ3v) is 4.70. The molecule has 0 aromatic heterocycles. The van der Waals surface area contributed by atoms with Gasteiger partial charge in [0.1, 0.15) is 0 Å². The van der Waals surface area contributed by atoms with Gasteiger partial charge in [-0.1, -0.05) is 11.6 Å². The monoisotopic (exact) mass is 342 g/mol. The Bertz CT molecular complexity index is 519. The van der Waals surface area contributed by atoms with E-state index in [0.717, 1.165) is 0 Å². The Morgan fingerprint density at radius 3 is 2.71 bits per heavy atom. The van der Waals surface area contributed by atoms with Crippen molar-refractivity contribution >= 4 is 43.2 Å². The minimum atomic E-state index is -3.75. The number of halogens is 2. The molecule has 8 heteroatoms. The summed E-state index contributed by atoms with van der Waals surface area (Å²) in [5, 5.41) is 9.28. The SMILES string of the molecule is C[C@H](O)CNS(=O)(=O)c1cc(Cl)cc(N)c1Br. The number of nitrogens with two attached hydrogens (primary N) is 1. The lowest BCUT2D eigenvalue weighted by Gasteiger charge is -2.11. The van der Waals surface area contributed by atoms with Gasteiger partial charge in [0.15, 0.2) is 0 Å². The average Bonchev–Trinajstić information content (AvgIpc) is 2.20. The molecular weight excluding hydrogens is 332 g/mol. The molecule has 0 fully saturated rings. The molecule has 0 aliphatic rings. The summed E-state index contributed by atoms with van der Waals surface area (Å²) in [6.07, 6.45) is -0.778. The van der Waals surface area contributed by atoms with Gasteiger partial charge in [0.05, 0.1) is 15.5 Å². The fourth-order valence-electron chi connectivity index (χ4n) is 1.09. The Labute approximate surface area is 113 Å². The van der Waals surface area contributed by atoms with Crippen LogP contribution in [0.4, 0.5) is 5.69 Å². The lowest BCUT2D eigenvalue weighted by atomic mass is 10.3. The first-order valence-corrected chi connectivity index (χ1v) is 7.31. The Morgan fingerprint density at radius 2 is 2.18 bits per heavy atom. The van der Waals surface area contributed by atoms with Crippen molar-refractivity contribution in [3.63, 3.8) is 0 Å². The molecule has 96 valence electrons. The molecule has 0 saturated heterocycles. The maximum atomic E-state index is 11.9. The molecule has 0 amide bonds. The normalized spacial score (nSPS) is 13.6. The summed E-state index contributed by atoms with van der Waals surface area (Å²) in [7, 11) is -3.75. The largest absolute Gasteiger partial charge is 0.398 e. The standard InChI is InChI=1S/C9H12BrClN2O3S/c1-5(14)4-13-17(15,16)8-3-6(11)2-7(12)9(8)10/h2-3,5,13-14H,4,12H2,1H3/t5-/m0/s1. The molecule has 0 aliphatic carbocycles. The first kappa shape index (κ1) is 14.7. The van der Waals surface area contributed by atoms with Crippen molar-refractivity contribution < 1.29 is 13.5 Å². The molecule has 5 nitrogen and oxygen atoms in total. The fourth-order valence-corrected chi connectivity index (χ4v) is 3.50. The van der Waals surface area contributed by atoms with Crippen molar-refractivity contribution in [1.82, 2.24) is 4.72 Å². The summed E-state index contributed by atoms with van der Waals surface area (Å²) in [6, 6.07) is 2.73. The van der Waals surface area contributed by atoms with Crippen molar-refractivity contribution in [3.8, 4) is 0 Å². The Hall–Kier alpha value is -0.340. The number of benzene rings is 1. The molecular formula is C9H12BrClN2O3S. The molecule has 0 radical (unpaired) electrons. The first-order valence-electron chi connectivity index (χ1n) is 4.66. The first-order chi connectivity index (χ1) is 7.74. The summed E-state index contributed by atoms with van der Waals surface area (Å²) >= 11 is 8.84. The zero-order valence-corrected chi connectivity index (χ0v) is 12.1. The second-order valence-corrected chi connectivity index (χ2v) is 6.47. The van der Waals surface area contributed by atoms with E-state index in [0.29, 0.717) is 0 Å². The number of nitrogens with one attached hydrogen (secondary N) is 1. The van der Waals surface area contributed by atoms with Crippen LogP contribution in [0.25, 0.3) is 0 Å². The Morgan fingerprint density at radius 1 is 1.59 bits per heavy atom. The van der Waals surface area contributed by atoms with Crippen molar-refractivity contribution in [2.24, 2.45) is 0 Å². The lowest BCUT2D eigenvalue weighted by Crippen LogP contribution is -2.31. The van der Waals surface area contributed by atoms with E-state index in [1.807, 2.05) is 0 Å². The van der Waals surface area contributed by atoms with Crippen molar-refractivity contribution in [1.29, 1.82) is 0 Å². The van der Waals surface area contributed by atoms with Gasteiger partial charge in [-0.3, -0.25) is 0 Å². The van der Waals surface area contributed by atoms with Gasteiger partial charge < -0.3 is 10.8 Å². The number of nitrogen functional groups attached to an aromatic ring is 1. The molecule has 0 spiro atoms. The molecule has 17 heavy (non-hydrogen) atoms. The van der Waals surface area contributed by atoms with Gasteiger partial charge in [-0.25, -0.2) is 13.1 Å².